The Morgan fingerprint density at radius 2 is 2.46 bits per heavy atom. The highest BCUT2D eigenvalue weighted by molar-refractivity contribution is 9.10. The first-order valence-corrected chi connectivity index (χ1v) is 5.07. The molecule has 1 aliphatic rings. The molecule has 1 atom stereocenters. The third-order valence-electron chi connectivity index (χ3n) is 2.16. The Morgan fingerprint density at radius 1 is 1.62 bits per heavy atom. The second-order valence-corrected chi connectivity index (χ2v) is 3.99. The third-order valence-corrected chi connectivity index (χ3v) is 2.59. The van der Waals surface area contributed by atoms with Crippen LogP contribution in [0.5, 0.6) is 0 Å². The highest BCUT2D eigenvalue weighted by Crippen LogP contribution is 2.18. The Labute approximate surface area is 84.6 Å². The van der Waals surface area contributed by atoms with Gasteiger partial charge in [-0.3, -0.25) is 4.79 Å². The van der Waals surface area contributed by atoms with E-state index in [0.717, 1.165) is 23.3 Å². The lowest BCUT2D eigenvalue weighted by atomic mass is 10.1. The zero-order valence-corrected chi connectivity index (χ0v) is 8.63. The van der Waals surface area contributed by atoms with E-state index in [4.69, 9.17) is 4.42 Å². The van der Waals surface area contributed by atoms with Crippen LogP contribution in [0.3, 0.4) is 0 Å². The fourth-order valence-electron chi connectivity index (χ4n) is 1.53. The summed E-state index contributed by atoms with van der Waals surface area (Å²) in [6.07, 6.45) is 2.35. The molecule has 1 amide bonds. The van der Waals surface area contributed by atoms with E-state index in [1.54, 1.807) is 0 Å². The standard InChI is InChI=1S/C9H10BrNO2/c10-8-3-2-7(13-8)5-6-1-4-9(12)11-6/h2-3,6H,1,4-5H2,(H,11,12). The summed E-state index contributed by atoms with van der Waals surface area (Å²) < 4.78 is 6.09. The van der Waals surface area contributed by atoms with Crippen molar-refractivity contribution in [2.75, 3.05) is 0 Å². The van der Waals surface area contributed by atoms with Crippen molar-refractivity contribution in [1.29, 1.82) is 0 Å². The lowest BCUT2D eigenvalue weighted by Crippen LogP contribution is -2.26. The first kappa shape index (κ1) is 8.81. The minimum atomic E-state index is 0.149. The maximum absolute atomic E-state index is 10.9. The largest absolute Gasteiger partial charge is 0.454 e. The van der Waals surface area contributed by atoms with Crippen LogP contribution < -0.4 is 5.32 Å². The monoisotopic (exact) mass is 243 g/mol. The van der Waals surface area contributed by atoms with Crippen molar-refractivity contribution < 1.29 is 9.21 Å². The minimum absolute atomic E-state index is 0.149. The topological polar surface area (TPSA) is 42.2 Å². The van der Waals surface area contributed by atoms with Crippen LogP contribution in [0.4, 0.5) is 0 Å². The SMILES string of the molecule is O=C1CCC(Cc2ccc(Br)o2)N1. The van der Waals surface area contributed by atoms with Crippen molar-refractivity contribution in [3.63, 3.8) is 0 Å². The van der Waals surface area contributed by atoms with Gasteiger partial charge in [0.2, 0.25) is 5.91 Å². The van der Waals surface area contributed by atoms with Crippen molar-refractivity contribution in [3.8, 4) is 0 Å². The maximum Gasteiger partial charge on any atom is 0.220 e. The number of hydrogen-bond acceptors (Lipinski definition) is 2. The Balaban J connectivity index is 1.95. The van der Waals surface area contributed by atoms with Gasteiger partial charge in [0.15, 0.2) is 4.67 Å². The number of nitrogens with one attached hydrogen (secondary N) is 1. The van der Waals surface area contributed by atoms with Gasteiger partial charge in [-0.1, -0.05) is 0 Å². The molecule has 1 saturated heterocycles. The number of furan rings is 1. The second kappa shape index (κ2) is 3.54. The van der Waals surface area contributed by atoms with Crippen LogP contribution in [-0.2, 0) is 11.2 Å². The Morgan fingerprint density at radius 3 is 3.00 bits per heavy atom. The zero-order valence-electron chi connectivity index (χ0n) is 7.05. The van der Waals surface area contributed by atoms with Gasteiger partial charge in [0.1, 0.15) is 5.76 Å². The molecule has 1 fully saturated rings. The molecule has 70 valence electrons. The minimum Gasteiger partial charge on any atom is -0.454 e. The average Bonchev–Trinajstić information content (AvgIpc) is 2.62. The van der Waals surface area contributed by atoms with E-state index in [9.17, 15) is 4.79 Å². The van der Waals surface area contributed by atoms with Gasteiger partial charge in [-0.15, -0.1) is 0 Å². The number of carbonyl (C=O) groups excluding carboxylic acids is 1. The normalized spacial score (nSPS) is 21.9. The van der Waals surface area contributed by atoms with Gasteiger partial charge in [0, 0.05) is 18.9 Å². The van der Waals surface area contributed by atoms with E-state index in [1.807, 2.05) is 12.1 Å². The van der Waals surface area contributed by atoms with Crippen LogP contribution >= 0.6 is 15.9 Å². The average molecular weight is 244 g/mol. The van der Waals surface area contributed by atoms with Crippen LogP contribution in [0, 0.1) is 0 Å². The van der Waals surface area contributed by atoms with Crippen LogP contribution in [0.25, 0.3) is 0 Å². The molecule has 2 heterocycles. The molecule has 4 heteroatoms. The summed E-state index contributed by atoms with van der Waals surface area (Å²) in [4.78, 5) is 10.9. The highest BCUT2D eigenvalue weighted by Gasteiger charge is 2.21. The maximum atomic E-state index is 10.9. The fourth-order valence-corrected chi connectivity index (χ4v) is 1.87. The molecular formula is C9H10BrNO2. The van der Waals surface area contributed by atoms with Gasteiger partial charge in [-0.25, -0.2) is 0 Å². The highest BCUT2D eigenvalue weighted by atomic mass is 79.9. The smallest absolute Gasteiger partial charge is 0.220 e. The van der Waals surface area contributed by atoms with Crippen LogP contribution in [0.2, 0.25) is 0 Å². The molecule has 0 bridgehead atoms. The molecule has 1 aromatic heterocycles. The van der Waals surface area contributed by atoms with Crippen molar-refractivity contribution in [2.45, 2.75) is 25.3 Å². The van der Waals surface area contributed by atoms with E-state index in [1.165, 1.54) is 0 Å². The van der Waals surface area contributed by atoms with Gasteiger partial charge in [-0.2, -0.15) is 0 Å². The van der Waals surface area contributed by atoms with Crippen LogP contribution in [-0.4, -0.2) is 11.9 Å². The summed E-state index contributed by atoms with van der Waals surface area (Å²) in [5, 5.41) is 2.90. The predicted molar refractivity (Wildman–Crippen MR) is 51.3 cm³/mol. The van der Waals surface area contributed by atoms with E-state index in [2.05, 4.69) is 21.2 Å². The quantitative estimate of drug-likeness (QED) is 0.862. The number of amides is 1. The van der Waals surface area contributed by atoms with E-state index in [-0.39, 0.29) is 11.9 Å². The number of halogens is 1. The van der Waals surface area contributed by atoms with Crippen LogP contribution in [0.15, 0.2) is 21.2 Å². The molecule has 13 heavy (non-hydrogen) atoms. The summed E-state index contributed by atoms with van der Waals surface area (Å²) >= 11 is 3.24. The van der Waals surface area contributed by atoms with E-state index >= 15 is 0 Å². The lowest BCUT2D eigenvalue weighted by molar-refractivity contribution is -0.119. The summed E-state index contributed by atoms with van der Waals surface area (Å²) in [5.74, 6) is 1.06. The fraction of sp³-hybridized carbons (Fsp3) is 0.444. The summed E-state index contributed by atoms with van der Waals surface area (Å²) in [7, 11) is 0. The molecule has 2 rings (SSSR count). The first-order valence-electron chi connectivity index (χ1n) is 4.27. The van der Waals surface area contributed by atoms with Crippen molar-refractivity contribution in [1.82, 2.24) is 5.32 Å². The Kier molecular flexibility index (Phi) is 2.40. The second-order valence-electron chi connectivity index (χ2n) is 3.21. The molecule has 0 aliphatic carbocycles. The van der Waals surface area contributed by atoms with Gasteiger partial charge < -0.3 is 9.73 Å². The van der Waals surface area contributed by atoms with Crippen molar-refractivity contribution in [2.24, 2.45) is 0 Å². The van der Waals surface area contributed by atoms with E-state index < -0.39 is 0 Å². The summed E-state index contributed by atoms with van der Waals surface area (Å²) in [6, 6.07) is 4.05. The number of carbonyl (C=O) groups is 1. The zero-order chi connectivity index (χ0) is 9.26. The van der Waals surface area contributed by atoms with Crippen LogP contribution in [0.1, 0.15) is 18.6 Å². The van der Waals surface area contributed by atoms with Gasteiger partial charge in [0.25, 0.3) is 0 Å². The lowest BCUT2D eigenvalue weighted by Gasteiger charge is -2.06. The summed E-state index contributed by atoms with van der Waals surface area (Å²) in [6.45, 7) is 0. The van der Waals surface area contributed by atoms with Crippen molar-refractivity contribution in [3.05, 3.63) is 22.6 Å². The van der Waals surface area contributed by atoms with Gasteiger partial charge in [-0.05, 0) is 34.5 Å². The molecule has 1 N–H and O–H groups in total. The first-order chi connectivity index (χ1) is 6.24. The molecule has 0 spiro atoms. The Hall–Kier alpha value is -0.770. The molecule has 0 radical (unpaired) electrons. The molecule has 0 saturated carbocycles. The van der Waals surface area contributed by atoms with Crippen molar-refractivity contribution >= 4 is 21.8 Å². The van der Waals surface area contributed by atoms with E-state index in [0.29, 0.717) is 6.42 Å². The number of rotatable bonds is 2. The molecule has 1 aromatic rings. The molecule has 3 nitrogen and oxygen atoms in total. The molecule has 1 aliphatic heterocycles. The predicted octanol–water partition coefficient (Wildman–Crippen LogP) is 1.86. The van der Waals surface area contributed by atoms with Gasteiger partial charge >= 0.3 is 0 Å². The molecule has 1 unspecified atom stereocenters. The molecule has 0 aromatic carbocycles. The van der Waals surface area contributed by atoms with Gasteiger partial charge in [0.05, 0.1) is 0 Å². The number of hydrogen-bond donors (Lipinski definition) is 1. The summed E-state index contributed by atoms with van der Waals surface area (Å²) in [5.41, 5.74) is 0. The molecular weight excluding hydrogens is 234 g/mol. The third kappa shape index (κ3) is 2.12. The Bertz CT molecular complexity index is 321.